The predicted molar refractivity (Wildman–Crippen MR) is 206 cm³/mol. The molecule has 0 heterocycles. The summed E-state index contributed by atoms with van der Waals surface area (Å²) < 4.78 is 34.1. The Kier molecular flexibility index (Phi) is 31.1. The summed E-state index contributed by atoms with van der Waals surface area (Å²) in [7, 11) is 1.43. The Hall–Kier alpha value is -2.29. The molecule has 0 aliphatic rings. The van der Waals surface area contributed by atoms with Crippen LogP contribution in [0, 0.1) is 0 Å². The maximum Gasteiger partial charge on any atom is 0.472 e. The lowest BCUT2D eigenvalue weighted by Crippen LogP contribution is -2.37. The first-order chi connectivity index (χ1) is 24.0. The fraction of sp³-hybridized carbons (Fsp3) is 0.700. The molecule has 0 bridgehead atoms. The molecule has 0 aromatic carbocycles. The molecule has 0 fully saturated rings. The Morgan fingerprint density at radius 1 is 0.640 bits per heavy atom. The van der Waals surface area contributed by atoms with E-state index in [9.17, 15) is 19.0 Å². The van der Waals surface area contributed by atoms with Crippen LogP contribution in [0.1, 0.15) is 129 Å². The number of ether oxygens (including phenoxy) is 2. The first-order valence-electron chi connectivity index (χ1n) is 19.0. The highest BCUT2D eigenvalue weighted by Crippen LogP contribution is 2.43. The van der Waals surface area contributed by atoms with Crippen molar-refractivity contribution in [3.8, 4) is 0 Å². The normalized spacial score (nSPS) is 14.4. The molecule has 10 heteroatoms. The number of phosphoric acid groups is 1. The second-order valence-electron chi connectivity index (χ2n) is 13.6. The maximum atomic E-state index is 12.6. The van der Waals surface area contributed by atoms with Crippen molar-refractivity contribution in [2.24, 2.45) is 0 Å². The zero-order chi connectivity index (χ0) is 37.2. The fourth-order valence-electron chi connectivity index (χ4n) is 4.51. The quantitative estimate of drug-likeness (QED) is 0.0234. The summed E-state index contributed by atoms with van der Waals surface area (Å²) in [5, 5.41) is 0. The van der Waals surface area contributed by atoms with Crippen LogP contribution in [0.4, 0.5) is 0 Å². The van der Waals surface area contributed by atoms with Gasteiger partial charge < -0.3 is 18.9 Å². The second kappa shape index (κ2) is 32.6. The SMILES string of the molecule is CC/C=C\C/C=C\C/C=C\C/C=C\CCCCC(=O)O[C@H](COC(=O)CCCCCCC/C=C\CCCC)COP(=O)(O)OCC[N+](C)(C)C. The van der Waals surface area contributed by atoms with Crippen molar-refractivity contribution in [2.45, 2.75) is 136 Å². The number of likely N-dealkylation sites (N-methyl/N-ethyl adjacent to an activating group) is 1. The molecule has 0 aliphatic carbocycles. The molecule has 50 heavy (non-hydrogen) atoms. The highest BCUT2D eigenvalue weighted by Gasteiger charge is 2.27. The Balaban J connectivity index is 4.55. The van der Waals surface area contributed by atoms with Crippen LogP contribution in [0.2, 0.25) is 0 Å². The van der Waals surface area contributed by atoms with Crippen molar-refractivity contribution in [2.75, 3.05) is 47.5 Å². The standard InChI is InChI=1S/C40H70NO8P/c1-6-8-10-12-14-16-18-19-20-21-23-25-27-29-31-33-40(43)49-38(37-48-50(44,45)47-35-34-41(3,4)5)36-46-39(42)32-30-28-26-24-22-17-15-13-11-9-7-2/h8,10,13-16,19-20,23,25,38H,6-7,9,11-12,17-18,21-22,24,26-37H2,1-5H3/p+1/b10-8-,15-13-,16-14-,20-19-,25-23-/t38-/m1/s1. The number of carbonyl (C=O) groups excluding carboxylic acids is 2. The van der Waals surface area contributed by atoms with Gasteiger partial charge in [0.1, 0.15) is 19.8 Å². The minimum atomic E-state index is -4.38. The number of nitrogens with zero attached hydrogens (tertiary/aromatic N) is 1. The number of hydrogen-bond acceptors (Lipinski definition) is 7. The summed E-state index contributed by atoms with van der Waals surface area (Å²) in [5.41, 5.74) is 0. The van der Waals surface area contributed by atoms with E-state index in [1.807, 2.05) is 21.1 Å². The van der Waals surface area contributed by atoms with E-state index in [2.05, 4.69) is 74.6 Å². The van der Waals surface area contributed by atoms with Gasteiger partial charge in [-0.05, 0) is 70.6 Å². The van der Waals surface area contributed by atoms with Crippen LogP contribution < -0.4 is 0 Å². The predicted octanol–water partition coefficient (Wildman–Crippen LogP) is 10.1. The summed E-state index contributed by atoms with van der Waals surface area (Å²) in [6, 6.07) is 0. The first kappa shape index (κ1) is 47.7. The zero-order valence-corrected chi connectivity index (χ0v) is 33.0. The van der Waals surface area contributed by atoms with Gasteiger partial charge >= 0.3 is 19.8 Å². The summed E-state index contributed by atoms with van der Waals surface area (Å²) in [4.78, 5) is 35.1. The molecule has 0 aromatic heterocycles. The van der Waals surface area contributed by atoms with Crippen molar-refractivity contribution >= 4 is 19.8 Å². The molecule has 1 unspecified atom stereocenters. The van der Waals surface area contributed by atoms with Crippen molar-refractivity contribution in [1.82, 2.24) is 0 Å². The van der Waals surface area contributed by atoms with E-state index < -0.39 is 32.5 Å². The third kappa shape index (κ3) is 35.5. The molecule has 0 aromatic rings. The third-order valence-electron chi connectivity index (χ3n) is 7.53. The van der Waals surface area contributed by atoms with Crippen LogP contribution >= 0.6 is 7.82 Å². The Morgan fingerprint density at radius 2 is 1.14 bits per heavy atom. The first-order valence-corrected chi connectivity index (χ1v) is 20.5. The van der Waals surface area contributed by atoms with E-state index in [-0.39, 0.29) is 26.1 Å². The van der Waals surface area contributed by atoms with Gasteiger partial charge in [-0.25, -0.2) is 4.57 Å². The lowest BCUT2D eigenvalue weighted by molar-refractivity contribution is -0.870. The van der Waals surface area contributed by atoms with Crippen molar-refractivity contribution < 1.29 is 42.1 Å². The number of esters is 2. The minimum Gasteiger partial charge on any atom is -0.462 e. The molecule has 0 amide bonds. The number of allylic oxidation sites excluding steroid dienone is 10. The number of rotatable bonds is 33. The summed E-state index contributed by atoms with van der Waals surface area (Å²) in [6.07, 6.45) is 37.0. The summed E-state index contributed by atoms with van der Waals surface area (Å²) >= 11 is 0. The highest BCUT2D eigenvalue weighted by molar-refractivity contribution is 7.47. The minimum absolute atomic E-state index is 0.0195. The molecule has 0 spiro atoms. The zero-order valence-electron chi connectivity index (χ0n) is 32.1. The van der Waals surface area contributed by atoms with Gasteiger partial charge in [0, 0.05) is 12.8 Å². The molecule has 0 rings (SSSR count). The van der Waals surface area contributed by atoms with Crippen molar-refractivity contribution in [3.63, 3.8) is 0 Å². The van der Waals surface area contributed by atoms with Gasteiger partial charge in [0.05, 0.1) is 27.7 Å². The summed E-state index contributed by atoms with van der Waals surface area (Å²) in [6.45, 7) is 4.17. The average molecular weight is 725 g/mol. The van der Waals surface area contributed by atoms with Crippen LogP contribution in [-0.4, -0.2) is 74.9 Å². The Bertz CT molecular complexity index is 1040. The van der Waals surface area contributed by atoms with Gasteiger partial charge in [-0.2, -0.15) is 0 Å². The maximum absolute atomic E-state index is 12.6. The van der Waals surface area contributed by atoms with Gasteiger partial charge in [-0.15, -0.1) is 0 Å². The van der Waals surface area contributed by atoms with Gasteiger partial charge in [0.25, 0.3) is 0 Å². The molecular weight excluding hydrogens is 653 g/mol. The molecule has 9 nitrogen and oxygen atoms in total. The second-order valence-corrected chi connectivity index (χ2v) is 15.0. The third-order valence-corrected chi connectivity index (χ3v) is 8.52. The molecule has 0 saturated carbocycles. The number of unbranched alkanes of at least 4 members (excludes halogenated alkanes) is 9. The topological polar surface area (TPSA) is 108 Å². The van der Waals surface area contributed by atoms with Crippen LogP contribution in [0.25, 0.3) is 0 Å². The number of carbonyl (C=O) groups is 2. The van der Waals surface area contributed by atoms with Crippen molar-refractivity contribution in [1.29, 1.82) is 0 Å². The highest BCUT2D eigenvalue weighted by atomic mass is 31.2. The van der Waals surface area contributed by atoms with E-state index in [1.54, 1.807) is 0 Å². The fourth-order valence-corrected chi connectivity index (χ4v) is 5.25. The van der Waals surface area contributed by atoms with Gasteiger partial charge in [0.15, 0.2) is 6.10 Å². The van der Waals surface area contributed by atoms with Gasteiger partial charge in [-0.3, -0.25) is 18.6 Å². The van der Waals surface area contributed by atoms with E-state index in [1.165, 1.54) is 12.8 Å². The lowest BCUT2D eigenvalue weighted by Gasteiger charge is -2.24. The summed E-state index contributed by atoms with van der Waals surface area (Å²) in [5.74, 6) is -0.868. The average Bonchev–Trinajstić information content (AvgIpc) is 3.06. The van der Waals surface area contributed by atoms with E-state index >= 15 is 0 Å². The van der Waals surface area contributed by atoms with E-state index in [4.69, 9.17) is 18.5 Å². The van der Waals surface area contributed by atoms with Gasteiger partial charge in [0.2, 0.25) is 0 Å². The smallest absolute Gasteiger partial charge is 0.462 e. The van der Waals surface area contributed by atoms with E-state index in [0.717, 1.165) is 83.5 Å². The Labute approximate surface area is 305 Å². The van der Waals surface area contributed by atoms with Crippen LogP contribution in [0.15, 0.2) is 60.8 Å². The molecule has 1 N–H and O–H groups in total. The lowest BCUT2D eigenvalue weighted by atomic mass is 10.1. The largest absolute Gasteiger partial charge is 0.472 e. The number of hydrogen-bond donors (Lipinski definition) is 1. The molecule has 0 aliphatic heterocycles. The van der Waals surface area contributed by atoms with Crippen LogP contribution in [-0.2, 0) is 32.7 Å². The Morgan fingerprint density at radius 3 is 1.76 bits per heavy atom. The van der Waals surface area contributed by atoms with Crippen LogP contribution in [0.3, 0.4) is 0 Å². The molecule has 288 valence electrons. The molecular formula is C40H71NO8P+. The molecule has 0 saturated heterocycles. The van der Waals surface area contributed by atoms with Gasteiger partial charge in [-0.1, -0.05) is 107 Å². The van der Waals surface area contributed by atoms with Crippen LogP contribution in [0.5, 0.6) is 0 Å². The van der Waals surface area contributed by atoms with E-state index in [0.29, 0.717) is 17.4 Å². The monoisotopic (exact) mass is 724 g/mol. The number of phosphoric ester groups is 1. The molecule has 0 radical (unpaired) electrons. The van der Waals surface area contributed by atoms with Crippen molar-refractivity contribution in [3.05, 3.63) is 60.8 Å². The molecule has 2 atom stereocenters. The number of quaternary nitrogens is 1.